The van der Waals surface area contributed by atoms with Gasteiger partial charge in [0.15, 0.2) is 0 Å². The Bertz CT molecular complexity index is 1230. The van der Waals surface area contributed by atoms with E-state index in [0.717, 1.165) is 38.2 Å². The topological polar surface area (TPSA) is 79.4 Å². The summed E-state index contributed by atoms with van der Waals surface area (Å²) in [5.41, 5.74) is 3.33. The van der Waals surface area contributed by atoms with Gasteiger partial charge in [0, 0.05) is 30.4 Å². The number of nitrogens with zero attached hydrogens (tertiary/aromatic N) is 2. The second-order valence-electron chi connectivity index (χ2n) is 7.33. The number of thiophene rings is 1. The van der Waals surface area contributed by atoms with E-state index in [4.69, 9.17) is 0 Å². The first kappa shape index (κ1) is 22.7. The molecule has 33 heavy (non-hydrogen) atoms. The summed E-state index contributed by atoms with van der Waals surface area (Å²) in [6, 6.07) is 15.3. The van der Waals surface area contributed by atoms with Gasteiger partial charge in [0.05, 0.1) is 10.5 Å². The lowest BCUT2D eigenvalue weighted by molar-refractivity contribution is -0.123. The largest absolute Gasteiger partial charge is 0.350 e. The van der Waals surface area contributed by atoms with E-state index in [1.807, 2.05) is 60.8 Å². The van der Waals surface area contributed by atoms with Crippen molar-refractivity contribution in [3.8, 4) is 0 Å². The SMILES string of the molecule is Cc1cccc(/C=C(/C(=O)NCCN2C(=O)S/C(=C\c3cccnc3)C2=O)c2cccs2)c1. The van der Waals surface area contributed by atoms with E-state index in [-0.39, 0.29) is 30.1 Å². The van der Waals surface area contributed by atoms with Gasteiger partial charge in [-0.15, -0.1) is 11.3 Å². The summed E-state index contributed by atoms with van der Waals surface area (Å²) in [5.74, 6) is -0.617. The third-order valence-corrected chi connectivity index (χ3v) is 6.67. The van der Waals surface area contributed by atoms with Crippen LogP contribution in [-0.2, 0) is 9.59 Å². The molecule has 1 aliphatic heterocycles. The minimum Gasteiger partial charge on any atom is -0.350 e. The molecule has 2 aromatic heterocycles. The molecule has 1 fully saturated rings. The number of hydrogen-bond donors (Lipinski definition) is 1. The summed E-state index contributed by atoms with van der Waals surface area (Å²) in [7, 11) is 0. The molecule has 0 bridgehead atoms. The van der Waals surface area contributed by atoms with Gasteiger partial charge in [-0.25, -0.2) is 0 Å². The van der Waals surface area contributed by atoms with E-state index in [9.17, 15) is 14.4 Å². The lowest BCUT2D eigenvalue weighted by atomic mass is 10.1. The van der Waals surface area contributed by atoms with Gasteiger partial charge >= 0.3 is 0 Å². The molecule has 8 heteroatoms. The molecule has 1 aromatic carbocycles. The Morgan fingerprint density at radius 2 is 1.97 bits per heavy atom. The molecule has 1 N–H and O–H groups in total. The zero-order chi connectivity index (χ0) is 23.2. The average molecular weight is 476 g/mol. The van der Waals surface area contributed by atoms with E-state index in [1.165, 1.54) is 11.3 Å². The van der Waals surface area contributed by atoms with Crippen molar-refractivity contribution in [3.05, 3.63) is 92.8 Å². The molecule has 6 nitrogen and oxygen atoms in total. The Balaban J connectivity index is 1.42. The summed E-state index contributed by atoms with van der Waals surface area (Å²) in [4.78, 5) is 44.4. The number of nitrogens with one attached hydrogen (secondary N) is 1. The summed E-state index contributed by atoms with van der Waals surface area (Å²) < 4.78 is 0. The molecule has 4 rings (SSSR count). The number of carbonyl (C=O) groups is 3. The Kier molecular flexibility index (Phi) is 7.16. The second-order valence-corrected chi connectivity index (χ2v) is 9.27. The van der Waals surface area contributed by atoms with Gasteiger partial charge in [-0.05, 0) is 59.5 Å². The number of imide groups is 1. The Hall–Kier alpha value is -3.49. The molecule has 0 saturated carbocycles. The highest BCUT2D eigenvalue weighted by Gasteiger charge is 2.34. The number of pyridine rings is 1. The van der Waals surface area contributed by atoms with Crippen molar-refractivity contribution in [2.24, 2.45) is 0 Å². The fourth-order valence-electron chi connectivity index (χ4n) is 3.29. The van der Waals surface area contributed by atoms with Crippen molar-refractivity contribution in [3.63, 3.8) is 0 Å². The van der Waals surface area contributed by atoms with E-state index in [1.54, 1.807) is 24.5 Å². The quantitative estimate of drug-likeness (QED) is 0.495. The minimum absolute atomic E-state index is 0.100. The fourth-order valence-corrected chi connectivity index (χ4v) is 4.89. The summed E-state index contributed by atoms with van der Waals surface area (Å²) in [6.07, 6.45) is 6.77. The molecule has 0 aliphatic carbocycles. The van der Waals surface area contributed by atoms with Gasteiger partial charge in [-0.1, -0.05) is 42.0 Å². The smallest absolute Gasteiger partial charge is 0.293 e. The number of benzene rings is 1. The molecule has 3 aromatic rings. The van der Waals surface area contributed by atoms with Crippen molar-refractivity contribution in [1.29, 1.82) is 0 Å². The number of aromatic nitrogens is 1. The van der Waals surface area contributed by atoms with Crippen molar-refractivity contribution in [2.75, 3.05) is 13.1 Å². The van der Waals surface area contributed by atoms with Crippen LogP contribution in [0.4, 0.5) is 4.79 Å². The van der Waals surface area contributed by atoms with E-state index < -0.39 is 0 Å². The number of aryl methyl sites for hydroxylation is 1. The Labute approximate surface area is 200 Å². The molecule has 0 unspecified atom stereocenters. The van der Waals surface area contributed by atoms with Crippen molar-refractivity contribution in [2.45, 2.75) is 6.92 Å². The van der Waals surface area contributed by atoms with Crippen LogP contribution in [0.3, 0.4) is 0 Å². The van der Waals surface area contributed by atoms with Crippen LogP contribution in [0.1, 0.15) is 21.6 Å². The predicted molar refractivity (Wildman–Crippen MR) is 133 cm³/mol. The van der Waals surface area contributed by atoms with Gasteiger partial charge in [0.1, 0.15) is 0 Å². The zero-order valence-corrected chi connectivity index (χ0v) is 19.5. The number of thioether (sulfide) groups is 1. The average Bonchev–Trinajstić information content (AvgIpc) is 3.42. The molecule has 0 atom stereocenters. The number of rotatable bonds is 7. The second kappa shape index (κ2) is 10.4. The van der Waals surface area contributed by atoms with Crippen molar-refractivity contribution in [1.82, 2.24) is 15.2 Å². The highest BCUT2D eigenvalue weighted by atomic mass is 32.2. The number of hydrogen-bond acceptors (Lipinski definition) is 6. The van der Waals surface area contributed by atoms with E-state index >= 15 is 0 Å². The van der Waals surface area contributed by atoms with Gasteiger partial charge in [0.2, 0.25) is 0 Å². The van der Waals surface area contributed by atoms with Crippen LogP contribution in [-0.4, -0.2) is 40.0 Å². The van der Waals surface area contributed by atoms with Crippen LogP contribution in [0.2, 0.25) is 0 Å². The molecule has 166 valence electrons. The maximum atomic E-state index is 13.0. The molecule has 3 heterocycles. The van der Waals surface area contributed by atoms with Crippen molar-refractivity contribution >= 4 is 57.9 Å². The lowest BCUT2D eigenvalue weighted by Crippen LogP contribution is -2.37. The first-order chi connectivity index (χ1) is 16.0. The molecule has 0 radical (unpaired) electrons. The Morgan fingerprint density at radius 3 is 2.70 bits per heavy atom. The van der Waals surface area contributed by atoms with Crippen LogP contribution in [0.25, 0.3) is 17.7 Å². The van der Waals surface area contributed by atoms with Crippen LogP contribution in [0, 0.1) is 6.92 Å². The first-order valence-electron chi connectivity index (χ1n) is 10.3. The highest BCUT2D eigenvalue weighted by Crippen LogP contribution is 2.31. The van der Waals surface area contributed by atoms with Crippen LogP contribution >= 0.6 is 23.1 Å². The molecular formula is C25H21N3O3S2. The zero-order valence-electron chi connectivity index (χ0n) is 17.9. The summed E-state index contributed by atoms with van der Waals surface area (Å²) in [6.45, 7) is 2.26. The maximum absolute atomic E-state index is 13.0. The third kappa shape index (κ3) is 5.66. The molecular weight excluding hydrogens is 454 g/mol. The number of carbonyl (C=O) groups excluding carboxylic acids is 3. The predicted octanol–water partition coefficient (Wildman–Crippen LogP) is 4.84. The number of amides is 3. The lowest BCUT2D eigenvalue weighted by Gasteiger charge is -2.14. The van der Waals surface area contributed by atoms with Gasteiger partial charge < -0.3 is 5.32 Å². The standard InChI is InChI=1S/C25H21N3O3S2/c1-17-5-2-6-18(13-17)14-20(21-8-4-12-32-21)23(29)27-10-11-28-24(30)22(33-25(28)31)15-19-7-3-9-26-16-19/h2-9,12-16H,10-11H2,1H3,(H,27,29)/b20-14+,22-15-. The van der Waals surface area contributed by atoms with Crippen LogP contribution < -0.4 is 5.32 Å². The highest BCUT2D eigenvalue weighted by molar-refractivity contribution is 8.18. The molecule has 1 aliphatic rings. The molecule has 3 amide bonds. The summed E-state index contributed by atoms with van der Waals surface area (Å²) >= 11 is 2.37. The fraction of sp³-hybridized carbons (Fsp3) is 0.120. The third-order valence-electron chi connectivity index (χ3n) is 4.86. The normalized spacial score (nSPS) is 15.4. The van der Waals surface area contributed by atoms with Gasteiger partial charge in [-0.3, -0.25) is 24.3 Å². The van der Waals surface area contributed by atoms with E-state index in [2.05, 4.69) is 10.3 Å². The monoisotopic (exact) mass is 475 g/mol. The first-order valence-corrected chi connectivity index (χ1v) is 12.0. The van der Waals surface area contributed by atoms with Crippen molar-refractivity contribution < 1.29 is 14.4 Å². The van der Waals surface area contributed by atoms with Gasteiger partial charge in [0.25, 0.3) is 17.1 Å². The minimum atomic E-state index is -0.364. The van der Waals surface area contributed by atoms with Crippen LogP contribution in [0.5, 0.6) is 0 Å². The van der Waals surface area contributed by atoms with E-state index in [0.29, 0.717) is 10.5 Å². The van der Waals surface area contributed by atoms with Gasteiger partial charge in [-0.2, -0.15) is 0 Å². The molecule has 1 saturated heterocycles. The molecule has 0 spiro atoms. The summed E-state index contributed by atoms with van der Waals surface area (Å²) in [5, 5.41) is 4.42. The van der Waals surface area contributed by atoms with Crippen LogP contribution in [0.15, 0.2) is 71.2 Å². The maximum Gasteiger partial charge on any atom is 0.293 e. The Morgan fingerprint density at radius 1 is 1.12 bits per heavy atom.